The van der Waals surface area contributed by atoms with Crippen LogP contribution in [0.3, 0.4) is 0 Å². The minimum absolute atomic E-state index is 0.0298. The molecule has 0 spiro atoms. The first-order valence-corrected chi connectivity index (χ1v) is 13.1. The van der Waals surface area contributed by atoms with E-state index in [1.807, 2.05) is 19.9 Å². The van der Waals surface area contributed by atoms with Crippen molar-refractivity contribution in [1.29, 1.82) is 0 Å². The quantitative estimate of drug-likeness (QED) is 0.289. The zero-order chi connectivity index (χ0) is 22.4. The van der Waals surface area contributed by atoms with Gasteiger partial charge in [0.2, 0.25) is 0 Å². The minimum Gasteiger partial charge on any atom is -0.376 e. The number of nitrogens with zero attached hydrogens (tertiary/aromatic N) is 2. The van der Waals surface area contributed by atoms with Crippen LogP contribution in [-0.4, -0.2) is 33.8 Å². The van der Waals surface area contributed by atoms with Crippen molar-refractivity contribution in [3.05, 3.63) is 55.2 Å². The van der Waals surface area contributed by atoms with Crippen molar-refractivity contribution in [3.8, 4) is 0 Å². The van der Waals surface area contributed by atoms with Gasteiger partial charge < -0.3 is 4.74 Å². The summed E-state index contributed by atoms with van der Waals surface area (Å²) in [7, 11) is 0. The molecule has 1 fully saturated rings. The van der Waals surface area contributed by atoms with Gasteiger partial charge in [0.15, 0.2) is 10.9 Å². The molecule has 3 aromatic rings. The van der Waals surface area contributed by atoms with E-state index in [0.29, 0.717) is 11.7 Å². The van der Waals surface area contributed by atoms with E-state index in [1.54, 1.807) is 15.9 Å². The number of aromatic nitrogens is 2. The normalized spacial score (nSPS) is 17.9. The van der Waals surface area contributed by atoms with E-state index in [-0.39, 0.29) is 23.2 Å². The molecule has 5 rings (SSSR count). The van der Waals surface area contributed by atoms with Crippen molar-refractivity contribution >= 4 is 39.1 Å². The van der Waals surface area contributed by atoms with Gasteiger partial charge in [0, 0.05) is 17.0 Å². The molecule has 0 bridgehead atoms. The summed E-state index contributed by atoms with van der Waals surface area (Å²) in [6, 6.07) is 4.05. The number of thioether (sulfide) groups is 1. The summed E-state index contributed by atoms with van der Waals surface area (Å²) in [5.74, 6) is 0.333. The fraction of sp³-hybridized carbons (Fsp3) is 0.480. The second kappa shape index (κ2) is 8.76. The van der Waals surface area contributed by atoms with E-state index < -0.39 is 0 Å². The van der Waals surface area contributed by atoms with Crippen molar-refractivity contribution in [3.63, 3.8) is 0 Å². The summed E-state index contributed by atoms with van der Waals surface area (Å²) in [6.45, 7) is 7.33. The Morgan fingerprint density at radius 2 is 2.00 bits per heavy atom. The Morgan fingerprint density at radius 1 is 1.19 bits per heavy atom. The maximum Gasteiger partial charge on any atom is 0.263 e. The van der Waals surface area contributed by atoms with E-state index in [9.17, 15) is 9.59 Å². The number of ether oxygens (including phenoxy) is 1. The van der Waals surface area contributed by atoms with Crippen molar-refractivity contribution in [2.24, 2.45) is 0 Å². The number of fused-ring (bicyclic) bond motifs is 3. The molecule has 5 nitrogen and oxygen atoms in total. The topological polar surface area (TPSA) is 61.2 Å². The number of aryl methyl sites for hydroxylation is 5. The number of carbonyl (C=O) groups is 1. The lowest BCUT2D eigenvalue weighted by atomic mass is 9.99. The monoisotopic (exact) mass is 468 g/mol. The highest BCUT2D eigenvalue weighted by atomic mass is 32.2. The molecule has 1 saturated heterocycles. The maximum absolute atomic E-state index is 13.6. The zero-order valence-corrected chi connectivity index (χ0v) is 20.5. The number of hydrogen-bond acceptors (Lipinski definition) is 6. The molecule has 2 aliphatic rings. The molecule has 3 heterocycles. The van der Waals surface area contributed by atoms with Crippen molar-refractivity contribution in [1.82, 2.24) is 9.55 Å². The molecule has 7 heteroatoms. The highest BCUT2D eigenvalue weighted by Crippen LogP contribution is 2.36. The van der Waals surface area contributed by atoms with Crippen molar-refractivity contribution < 1.29 is 9.53 Å². The molecule has 1 aliphatic heterocycles. The van der Waals surface area contributed by atoms with Gasteiger partial charge in [0.1, 0.15) is 4.83 Å². The summed E-state index contributed by atoms with van der Waals surface area (Å²) in [5, 5.41) is 1.42. The van der Waals surface area contributed by atoms with E-state index in [1.165, 1.54) is 27.8 Å². The molecule has 0 amide bonds. The molecule has 0 N–H and O–H groups in total. The van der Waals surface area contributed by atoms with Crippen molar-refractivity contribution in [2.45, 2.75) is 70.7 Å². The predicted molar refractivity (Wildman–Crippen MR) is 131 cm³/mol. The average molecular weight is 469 g/mol. The molecular formula is C25H28N2O3S2. The lowest BCUT2D eigenvalue weighted by Crippen LogP contribution is -2.29. The third-order valence-electron chi connectivity index (χ3n) is 6.67. The Morgan fingerprint density at radius 3 is 2.78 bits per heavy atom. The molecule has 1 atom stereocenters. The Hall–Kier alpha value is -1.96. The molecule has 168 valence electrons. The Kier molecular flexibility index (Phi) is 5.99. The van der Waals surface area contributed by atoms with Gasteiger partial charge in [0.05, 0.1) is 23.8 Å². The first kappa shape index (κ1) is 21.9. The first-order valence-electron chi connectivity index (χ1n) is 11.3. The number of carbonyl (C=O) groups excluding carboxylic acids is 1. The number of rotatable bonds is 6. The minimum atomic E-state index is 0.0298. The highest BCUT2D eigenvalue weighted by molar-refractivity contribution is 7.99. The molecule has 1 aromatic carbocycles. The van der Waals surface area contributed by atoms with Crippen LogP contribution in [0.5, 0.6) is 0 Å². The molecule has 1 aliphatic carbocycles. The van der Waals surface area contributed by atoms with Crippen molar-refractivity contribution in [2.75, 3.05) is 12.4 Å². The molecule has 32 heavy (non-hydrogen) atoms. The predicted octanol–water partition coefficient (Wildman–Crippen LogP) is 5.03. The van der Waals surface area contributed by atoms with Crippen LogP contribution in [-0.2, 0) is 24.1 Å². The van der Waals surface area contributed by atoms with E-state index in [4.69, 9.17) is 9.72 Å². The van der Waals surface area contributed by atoms with Gasteiger partial charge in [-0.3, -0.25) is 14.2 Å². The lowest BCUT2D eigenvalue weighted by Gasteiger charge is -2.16. The Bertz CT molecular complexity index is 1270. The Labute approximate surface area is 196 Å². The number of ketones is 1. The van der Waals surface area contributed by atoms with Gasteiger partial charge >= 0.3 is 0 Å². The second-order valence-corrected chi connectivity index (χ2v) is 11.0. The molecular weight excluding hydrogens is 440 g/mol. The van der Waals surface area contributed by atoms with Crippen LogP contribution in [0.25, 0.3) is 10.2 Å². The molecule has 0 saturated carbocycles. The van der Waals surface area contributed by atoms with Gasteiger partial charge in [-0.05, 0) is 81.2 Å². The van der Waals surface area contributed by atoms with Crippen LogP contribution in [0.4, 0.5) is 0 Å². The second-order valence-electron chi connectivity index (χ2n) is 8.95. The zero-order valence-electron chi connectivity index (χ0n) is 18.8. The third-order valence-corrected chi connectivity index (χ3v) is 8.84. The van der Waals surface area contributed by atoms with E-state index >= 15 is 0 Å². The van der Waals surface area contributed by atoms with Crippen LogP contribution in [0.15, 0.2) is 22.1 Å². The van der Waals surface area contributed by atoms with Crippen LogP contribution in [0, 0.1) is 20.8 Å². The third kappa shape index (κ3) is 3.95. The van der Waals surface area contributed by atoms with Gasteiger partial charge in [-0.2, -0.15) is 0 Å². The van der Waals surface area contributed by atoms with E-state index in [2.05, 4.69) is 13.0 Å². The lowest BCUT2D eigenvalue weighted by molar-refractivity contribution is 0.0937. The number of Topliss-reactive ketones (excluding diaryl/α,β-unsaturated/α-hetero) is 1. The Balaban J connectivity index is 1.49. The van der Waals surface area contributed by atoms with Gasteiger partial charge in [-0.25, -0.2) is 4.98 Å². The van der Waals surface area contributed by atoms with Gasteiger partial charge in [-0.1, -0.05) is 17.8 Å². The van der Waals surface area contributed by atoms with Crippen LogP contribution < -0.4 is 5.56 Å². The number of hydrogen-bond donors (Lipinski definition) is 0. The number of benzene rings is 1. The fourth-order valence-electron chi connectivity index (χ4n) is 4.79. The summed E-state index contributed by atoms with van der Waals surface area (Å²) in [6.07, 6.45) is 5.13. The first-order chi connectivity index (χ1) is 15.4. The summed E-state index contributed by atoms with van der Waals surface area (Å²) < 4.78 is 7.60. The summed E-state index contributed by atoms with van der Waals surface area (Å²) in [4.78, 5) is 33.7. The van der Waals surface area contributed by atoms with Crippen LogP contribution >= 0.6 is 23.1 Å². The maximum atomic E-state index is 13.6. The smallest absolute Gasteiger partial charge is 0.263 e. The van der Waals surface area contributed by atoms with Crippen LogP contribution in [0.2, 0.25) is 0 Å². The average Bonchev–Trinajstić information content (AvgIpc) is 3.48. The summed E-state index contributed by atoms with van der Waals surface area (Å²) in [5.41, 5.74) is 5.28. The highest BCUT2D eigenvalue weighted by Gasteiger charge is 2.26. The SMILES string of the molecule is Cc1cc(C)c(C(=O)CSc2nc3sc4c(c3c(=O)n2C[C@H]2CCCO2)CCC4)cc1C. The molecule has 0 unspecified atom stereocenters. The van der Waals surface area contributed by atoms with Gasteiger partial charge in [-0.15, -0.1) is 11.3 Å². The largest absolute Gasteiger partial charge is 0.376 e. The number of thiophene rings is 1. The standard InChI is InChI=1S/C25H28N2O3S2/c1-14-10-16(3)19(11-15(14)2)20(28)13-31-25-26-23-22(18-7-4-8-21(18)32-23)24(29)27(25)12-17-6-5-9-30-17/h10-11,17H,4-9,12-13H2,1-3H3/t17-/m1/s1. The van der Waals surface area contributed by atoms with E-state index in [0.717, 1.165) is 65.6 Å². The molecule has 2 aromatic heterocycles. The fourth-order valence-corrected chi connectivity index (χ4v) is 6.98. The summed E-state index contributed by atoms with van der Waals surface area (Å²) >= 11 is 3.02. The van der Waals surface area contributed by atoms with Gasteiger partial charge in [0.25, 0.3) is 5.56 Å². The molecule has 0 radical (unpaired) electrons. The van der Waals surface area contributed by atoms with Crippen LogP contribution in [0.1, 0.15) is 56.8 Å².